The van der Waals surface area contributed by atoms with Crippen LogP contribution in [0.2, 0.25) is 0 Å². The SMILES string of the molecule is C/C=C(Cl)\C=C(/NC)NC=O. The molecule has 0 heterocycles. The number of carbonyl (C=O) groups is 1. The van der Waals surface area contributed by atoms with Crippen molar-refractivity contribution < 1.29 is 4.79 Å². The summed E-state index contributed by atoms with van der Waals surface area (Å²) in [6, 6.07) is 0. The molecule has 0 unspecified atom stereocenters. The van der Waals surface area contributed by atoms with E-state index in [-0.39, 0.29) is 0 Å². The van der Waals surface area contributed by atoms with Crippen molar-refractivity contribution in [2.24, 2.45) is 0 Å². The molecule has 0 spiro atoms. The second-order valence-corrected chi connectivity index (χ2v) is 2.18. The maximum Gasteiger partial charge on any atom is 0.212 e. The normalized spacial score (nSPS) is 12.6. The molecule has 0 aliphatic rings. The molecule has 3 nitrogen and oxygen atoms in total. The fourth-order valence-corrected chi connectivity index (χ4v) is 0.580. The minimum absolute atomic E-state index is 0.572. The first-order valence-electron chi connectivity index (χ1n) is 3.16. The smallest absolute Gasteiger partial charge is 0.212 e. The van der Waals surface area contributed by atoms with Gasteiger partial charge in [-0.25, -0.2) is 0 Å². The highest BCUT2D eigenvalue weighted by Gasteiger charge is 1.90. The van der Waals surface area contributed by atoms with Crippen molar-refractivity contribution in [3.05, 3.63) is 23.0 Å². The van der Waals surface area contributed by atoms with Crippen molar-refractivity contribution in [3.8, 4) is 0 Å². The minimum atomic E-state index is 0.572. The number of halogens is 1. The summed E-state index contributed by atoms with van der Waals surface area (Å²) >= 11 is 5.66. The van der Waals surface area contributed by atoms with Crippen LogP contribution in [0.25, 0.3) is 0 Å². The van der Waals surface area contributed by atoms with Crippen LogP contribution < -0.4 is 10.6 Å². The second-order valence-electron chi connectivity index (χ2n) is 1.74. The van der Waals surface area contributed by atoms with Gasteiger partial charge in [-0.05, 0) is 13.0 Å². The van der Waals surface area contributed by atoms with Gasteiger partial charge in [-0.2, -0.15) is 0 Å². The zero-order valence-electron chi connectivity index (χ0n) is 6.52. The summed E-state index contributed by atoms with van der Waals surface area (Å²) in [7, 11) is 1.70. The standard InChI is InChI=1S/C7H11ClN2O/c1-3-6(8)4-7(9-2)10-5-11/h3-5,9H,1-2H3,(H,10,11)/b6-3+,7-4+. The van der Waals surface area contributed by atoms with Gasteiger partial charge in [0.15, 0.2) is 0 Å². The highest BCUT2D eigenvalue weighted by molar-refractivity contribution is 6.31. The van der Waals surface area contributed by atoms with Crippen molar-refractivity contribution >= 4 is 18.0 Å². The van der Waals surface area contributed by atoms with E-state index in [9.17, 15) is 4.79 Å². The average molecular weight is 175 g/mol. The summed E-state index contributed by atoms with van der Waals surface area (Å²) < 4.78 is 0. The number of amides is 1. The van der Waals surface area contributed by atoms with E-state index in [0.717, 1.165) is 0 Å². The average Bonchev–Trinajstić information content (AvgIpc) is 2.03. The predicted molar refractivity (Wildman–Crippen MR) is 46.0 cm³/mol. The maximum atomic E-state index is 9.99. The number of hydrogen-bond donors (Lipinski definition) is 2. The third-order valence-electron chi connectivity index (χ3n) is 1.04. The Morgan fingerprint density at radius 1 is 1.55 bits per heavy atom. The molecule has 4 heteroatoms. The van der Waals surface area contributed by atoms with Crippen LogP contribution in [-0.2, 0) is 4.79 Å². The van der Waals surface area contributed by atoms with Gasteiger partial charge in [0, 0.05) is 12.1 Å². The van der Waals surface area contributed by atoms with Crippen molar-refractivity contribution in [2.45, 2.75) is 6.92 Å². The third-order valence-corrected chi connectivity index (χ3v) is 1.37. The van der Waals surface area contributed by atoms with E-state index in [0.29, 0.717) is 17.3 Å². The minimum Gasteiger partial charge on any atom is -0.375 e. The van der Waals surface area contributed by atoms with Crippen molar-refractivity contribution in [1.82, 2.24) is 10.6 Å². The van der Waals surface area contributed by atoms with Crippen LogP contribution in [0.5, 0.6) is 0 Å². The van der Waals surface area contributed by atoms with Crippen LogP contribution in [0, 0.1) is 0 Å². The summed E-state index contributed by atoms with van der Waals surface area (Å²) in [5, 5.41) is 5.78. The van der Waals surface area contributed by atoms with Crippen molar-refractivity contribution in [3.63, 3.8) is 0 Å². The Bertz CT molecular complexity index is 187. The zero-order chi connectivity index (χ0) is 8.69. The summed E-state index contributed by atoms with van der Waals surface area (Å²) in [6.07, 6.45) is 3.93. The molecule has 2 N–H and O–H groups in total. The fourth-order valence-electron chi connectivity index (χ4n) is 0.471. The Hall–Kier alpha value is -0.960. The molecule has 0 fully saturated rings. The lowest BCUT2D eigenvalue weighted by Crippen LogP contribution is -2.21. The Kier molecular flexibility index (Phi) is 5.29. The molecule has 1 amide bonds. The van der Waals surface area contributed by atoms with Crippen LogP contribution in [0.15, 0.2) is 23.0 Å². The maximum absolute atomic E-state index is 9.99. The van der Waals surface area contributed by atoms with Crippen LogP contribution in [0.3, 0.4) is 0 Å². The lowest BCUT2D eigenvalue weighted by atomic mass is 10.4. The quantitative estimate of drug-likeness (QED) is 0.492. The van der Waals surface area contributed by atoms with E-state index in [4.69, 9.17) is 11.6 Å². The molecule has 0 radical (unpaired) electrons. The Balaban J connectivity index is 4.21. The van der Waals surface area contributed by atoms with Gasteiger partial charge in [0.2, 0.25) is 6.41 Å². The summed E-state index contributed by atoms with van der Waals surface area (Å²) in [6.45, 7) is 1.81. The molecule has 0 aromatic carbocycles. The fraction of sp³-hybridized carbons (Fsp3) is 0.286. The first-order chi connectivity index (χ1) is 5.24. The Morgan fingerprint density at radius 3 is 2.55 bits per heavy atom. The molecule has 0 aromatic heterocycles. The second kappa shape index (κ2) is 5.80. The Labute approximate surface area is 71.1 Å². The first kappa shape index (κ1) is 10.0. The molecule has 0 bridgehead atoms. The van der Waals surface area contributed by atoms with Gasteiger partial charge in [0.1, 0.15) is 5.82 Å². The number of carbonyl (C=O) groups excluding carboxylic acids is 1. The van der Waals surface area contributed by atoms with E-state index >= 15 is 0 Å². The predicted octanol–water partition coefficient (Wildman–Crippen LogP) is 0.936. The van der Waals surface area contributed by atoms with Crippen LogP contribution in [0.1, 0.15) is 6.92 Å². The molecule has 11 heavy (non-hydrogen) atoms. The van der Waals surface area contributed by atoms with E-state index < -0.39 is 0 Å². The van der Waals surface area contributed by atoms with E-state index in [1.165, 1.54) is 0 Å². The molecular formula is C7H11ClN2O. The largest absolute Gasteiger partial charge is 0.375 e. The van der Waals surface area contributed by atoms with Gasteiger partial charge in [0.25, 0.3) is 0 Å². The van der Waals surface area contributed by atoms with Gasteiger partial charge < -0.3 is 10.6 Å². The molecule has 0 atom stereocenters. The first-order valence-corrected chi connectivity index (χ1v) is 3.53. The van der Waals surface area contributed by atoms with Crippen LogP contribution in [0.4, 0.5) is 0 Å². The van der Waals surface area contributed by atoms with Gasteiger partial charge in [-0.1, -0.05) is 17.7 Å². The summed E-state index contributed by atoms with van der Waals surface area (Å²) in [5.74, 6) is 0.572. The van der Waals surface area contributed by atoms with Gasteiger partial charge in [-0.15, -0.1) is 0 Å². The summed E-state index contributed by atoms with van der Waals surface area (Å²) in [4.78, 5) is 9.99. The number of nitrogens with one attached hydrogen (secondary N) is 2. The molecular weight excluding hydrogens is 164 g/mol. The van der Waals surface area contributed by atoms with E-state index in [1.807, 2.05) is 6.92 Å². The van der Waals surface area contributed by atoms with Crippen LogP contribution >= 0.6 is 11.6 Å². The molecule has 0 rings (SSSR count). The molecule has 0 saturated heterocycles. The number of allylic oxidation sites excluding steroid dienone is 3. The molecule has 0 aliphatic carbocycles. The van der Waals surface area contributed by atoms with Gasteiger partial charge in [0.05, 0.1) is 0 Å². The van der Waals surface area contributed by atoms with Crippen molar-refractivity contribution in [1.29, 1.82) is 0 Å². The number of hydrogen-bond acceptors (Lipinski definition) is 2. The van der Waals surface area contributed by atoms with Gasteiger partial charge in [-0.3, -0.25) is 4.79 Å². The van der Waals surface area contributed by atoms with Crippen LogP contribution in [-0.4, -0.2) is 13.5 Å². The Morgan fingerprint density at radius 2 is 2.18 bits per heavy atom. The zero-order valence-corrected chi connectivity index (χ0v) is 7.27. The number of rotatable bonds is 4. The third kappa shape index (κ3) is 4.44. The summed E-state index contributed by atoms with van der Waals surface area (Å²) in [5.41, 5.74) is 0. The van der Waals surface area contributed by atoms with E-state index in [1.54, 1.807) is 19.2 Å². The van der Waals surface area contributed by atoms with E-state index in [2.05, 4.69) is 10.6 Å². The molecule has 0 aliphatic heterocycles. The lowest BCUT2D eigenvalue weighted by Gasteiger charge is -2.02. The highest BCUT2D eigenvalue weighted by Crippen LogP contribution is 2.02. The van der Waals surface area contributed by atoms with Crippen molar-refractivity contribution in [2.75, 3.05) is 7.05 Å². The lowest BCUT2D eigenvalue weighted by molar-refractivity contribution is -0.109. The highest BCUT2D eigenvalue weighted by atomic mass is 35.5. The van der Waals surface area contributed by atoms with Gasteiger partial charge >= 0.3 is 0 Å². The topological polar surface area (TPSA) is 41.1 Å². The molecule has 62 valence electrons. The monoisotopic (exact) mass is 174 g/mol. The molecule has 0 saturated carbocycles. The molecule has 0 aromatic rings.